The molecule has 0 fully saturated rings. The number of hydrogen-bond acceptors (Lipinski definition) is 4. The van der Waals surface area contributed by atoms with Crippen LogP contribution in [-0.4, -0.2) is 42.8 Å². The van der Waals surface area contributed by atoms with Gasteiger partial charge in [0.2, 0.25) is 0 Å². The van der Waals surface area contributed by atoms with Gasteiger partial charge in [-0.15, -0.1) is 0 Å². The number of Topliss-reactive ketones (excluding diaryl/α,β-unsaturated/α-hetero) is 1. The van der Waals surface area contributed by atoms with Gasteiger partial charge in [-0.2, -0.15) is 0 Å². The summed E-state index contributed by atoms with van der Waals surface area (Å²) in [6, 6.07) is 0. The standard InChI is InChI=1S/C14H29NOS2/c1-5-6-8-13(2)14(16)9-7-11-17-18-12-10-15(3)4/h13H,5-12H2,1-4H3. The maximum atomic E-state index is 11.8. The van der Waals surface area contributed by atoms with Gasteiger partial charge in [-0.05, 0) is 26.9 Å². The van der Waals surface area contributed by atoms with E-state index in [0.717, 1.165) is 31.6 Å². The summed E-state index contributed by atoms with van der Waals surface area (Å²) in [7, 11) is 8.02. The predicted molar refractivity (Wildman–Crippen MR) is 86.4 cm³/mol. The quantitative estimate of drug-likeness (QED) is 0.398. The molecule has 0 aliphatic carbocycles. The molecule has 0 saturated carbocycles. The maximum absolute atomic E-state index is 11.8. The van der Waals surface area contributed by atoms with Crippen molar-refractivity contribution < 1.29 is 4.79 Å². The molecule has 0 radical (unpaired) electrons. The van der Waals surface area contributed by atoms with Crippen molar-refractivity contribution in [1.82, 2.24) is 4.90 Å². The Morgan fingerprint density at radius 3 is 2.44 bits per heavy atom. The fourth-order valence-electron chi connectivity index (χ4n) is 1.56. The Morgan fingerprint density at radius 2 is 1.83 bits per heavy atom. The van der Waals surface area contributed by atoms with Gasteiger partial charge in [0, 0.05) is 30.4 Å². The molecule has 0 rings (SSSR count). The highest BCUT2D eigenvalue weighted by Gasteiger charge is 2.11. The van der Waals surface area contributed by atoms with Gasteiger partial charge in [0.15, 0.2) is 0 Å². The number of nitrogens with zero attached hydrogens (tertiary/aromatic N) is 1. The van der Waals surface area contributed by atoms with Gasteiger partial charge in [0.1, 0.15) is 5.78 Å². The van der Waals surface area contributed by atoms with Gasteiger partial charge in [0.05, 0.1) is 0 Å². The van der Waals surface area contributed by atoms with Crippen LogP contribution in [-0.2, 0) is 4.79 Å². The number of carbonyl (C=O) groups excluding carboxylic acids is 1. The second-order valence-corrected chi connectivity index (χ2v) is 7.76. The fraction of sp³-hybridized carbons (Fsp3) is 0.929. The highest BCUT2D eigenvalue weighted by atomic mass is 33.1. The fourth-order valence-corrected chi connectivity index (χ4v) is 3.78. The zero-order valence-corrected chi connectivity index (χ0v) is 14.0. The number of unbranched alkanes of at least 4 members (excludes halogenated alkanes) is 1. The molecule has 1 unspecified atom stereocenters. The molecule has 0 amide bonds. The van der Waals surface area contributed by atoms with Crippen LogP contribution >= 0.6 is 21.6 Å². The van der Waals surface area contributed by atoms with Crippen molar-refractivity contribution >= 4 is 27.4 Å². The van der Waals surface area contributed by atoms with Crippen molar-refractivity contribution in [3.05, 3.63) is 0 Å². The Morgan fingerprint density at radius 1 is 1.17 bits per heavy atom. The van der Waals surface area contributed by atoms with Crippen LogP contribution in [0.25, 0.3) is 0 Å². The summed E-state index contributed by atoms with van der Waals surface area (Å²) in [5.41, 5.74) is 0. The summed E-state index contributed by atoms with van der Waals surface area (Å²) in [4.78, 5) is 14.0. The first-order valence-corrected chi connectivity index (χ1v) is 9.48. The third kappa shape index (κ3) is 11.4. The Bertz CT molecular complexity index is 210. The molecule has 0 aliphatic rings. The molecule has 18 heavy (non-hydrogen) atoms. The topological polar surface area (TPSA) is 20.3 Å². The van der Waals surface area contributed by atoms with E-state index < -0.39 is 0 Å². The highest BCUT2D eigenvalue weighted by molar-refractivity contribution is 8.76. The molecule has 108 valence electrons. The van der Waals surface area contributed by atoms with E-state index in [1.165, 1.54) is 18.6 Å². The van der Waals surface area contributed by atoms with Crippen molar-refractivity contribution in [2.75, 3.05) is 32.1 Å². The van der Waals surface area contributed by atoms with Crippen molar-refractivity contribution in [1.29, 1.82) is 0 Å². The SMILES string of the molecule is CCCCC(C)C(=O)CCCSSCCN(C)C. The molecule has 1 atom stereocenters. The minimum Gasteiger partial charge on any atom is -0.309 e. The summed E-state index contributed by atoms with van der Waals surface area (Å²) in [6.45, 7) is 5.39. The lowest BCUT2D eigenvalue weighted by molar-refractivity contribution is -0.122. The molecule has 0 aliphatic heterocycles. The Kier molecular flexibility index (Phi) is 12.6. The van der Waals surface area contributed by atoms with Crippen LogP contribution in [0, 0.1) is 5.92 Å². The lowest BCUT2D eigenvalue weighted by Crippen LogP contribution is -2.14. The van der Waals surface area contributed by atoms with E-state index in [2.05, 4.69) is 32.8 Å². The summed E-state index contributed by atoms with van der Waals surface area (Å²) in [5.74, 6) is 3.00. The first kappa shape index (κ1) is 18.3. The molecule has 0 aromatic heterocycles. The van der Waals surface area contributed by atoms with E-state index in [-0.39, 0.29) is 5.92 Å². The van der Waals surface area contributed by atoms with Crippen LogP contribution in [0.2, 0.25) is 0 Å². The molecule has 4 heteroatoms. The first-order chi connectivity index (χ1) is 8.57. The second-order valence-electron chi connectivity index (χ2n) is 5.06. The first-order valence-electron chi connectivity index (χ1n) is 6.99. The largest absolute Gasteiger partial charge is 0.309 e. The van der Waals surface area contributed by atoms with Gasteiger partial charge in [0.25, 0.3) is 0 Å². The molecule has 0 aromatic carbocycles. The summed E-state index contributed by atoms with van der Waals surface area (Å²) in [5, 5.41) is 0. The lowest BCUT2D eigenvalue weighted by atomic mass is 9.97. The van der Waals surface area contributed by atoms with Gasteiger partial charge in [-0.25, -0.2) is 0 Å². The maximum Gasteiger partial charge on any atom is 0.135 e. The van der Waals surface area contributed by atoms with Crippen molar-refractivity contribution in [2.24, 2.45) is 5.92 Å². The van der Waals surface area contributed by atoms with Crippen LogP contribution in [0.1, 0.15) is 46.0 Å². The number of rotatable bonds is 12. The Labute approximate surface area is 121 Å². The average molecular weight is 292 g/mol. The molecule has 0 heterocycles. The van der Waals surface area contributed by atoms with Crippen molar-refractivity contribution in [3.63, 3.8) is 0 Å². The van der Waals surface area contributed by atoms with Gasteiger partial charge < -0.3 is 4.90 Å². The second kappa shape index (κ2) is 12.4. The minimum absolute atomic E-state index is 0.274. The molecule has 0 N–H and O–H groups in total. The summed E-state index contributed by atoms with van der Waals surface area (Å²) >= 11 is 0. The molecule has 0 aromatic rings. The molecule has 0 bridgehead atoms. The zero-order valence-electron chi connectivity index (χ0n) is 12.4. The van der Waals surface area contributed by atoms with Gasteiger partial charge in [-0.3, -0.25) is 4.79 Å². The molecular weight excluding hydrogens is 262 g/mol. The molecule has 0 spiro atoms. The highest BCUT2D eigenvalue weighted by Crippen LogP contribution is 2.22. The van der Waals surface area contributed by atoms with Crippen LogP contribution in [0.4, 0.5) is 0 Å². The number of hydrogen-bond donors (Lipinski definition) is 0. The lowest BCUT2D eigenvalue weighted by Gasteiger charge is -2.10. The third-order valence-electron chi connectivity index (χ3n) is 2.90. The van der Waals surface area contributed by atoms with E-state index >= 15 is 0 Å². The monoisotopic (exact) mass is 291 g/mol. The van der Waals surface area contributed by atoms with E-state index in [4.69, 9.17) is 0 Å². The summed E-state index contributed by atoms with van der Waals surface area (Å²) < 4.78 is 0. The Hall–Kier alpha value is 0.330. The van der Waals surface area contributed by atoms with E-state index in [1.54, 1.807) is 0 Å². The van der Waals surface area contributed by atoms with E-state index in [9.17, 15) is 4.79 Å². The summed E-state index contributed by atoms with van der Waals surface area (Å²) in [6.07, 6.45) is 5.25. The van der Waals surface area contributed by atoms with Crippen molar-refractivity contribution in [2.45, 2.75) is 46.0 Å². The predicted octanol–water partition coefficient (Wildman–Crippen LogP) is 4.11. The average Bonchev–Trinajstić information content (AvgIpc) is 2.34. The van der Waals surface area contributed by atoms with Crippen LogP contribution in [0.3, 0.4) is 0 Å². The van der Waals surface area contributed by atoms with Gasteiger partial charge in [-0.1, -0.05) is 48.3 Å². The van der Waals surface area contributed by atoms with E-state index in [0.29, 0.717) is 5.78 Å². The van der Waals surface area contributed by atoms with Crippen LogP contribution in [0.5, 0.6) is 0 Å². The Balaban J connectivity index is 3.34. The van der Waals surface area contributed by atoms with Crippen LogP contribution in [0.15, 0.2) is 0 Å². The minimum atomic E-state index is 0.274. The van der Waals surface area contributed by atoms with Crippen LogP contribution < -0.4 is 0 Å². The molecule has 2 nitrogen and oxygen atoms in total. The smallest absolute Gasteiger partial charge is 0.135 e. The van der Waals surface area contributed by atoms with Crippen molar-refractivity contribution in [3.8, 4) is 0 Å². The molecule has 0 saturated heterocycles. The number of carbonyl (C=O) groups is 1. The van der Waals surface area contributed by atoms with E-state index in [1.807, 2.05) is 21.6 Å². The third-order valence-corrected chi connectivity index (χ3v) is 5.37. The normalized spacial score (nSPS) is 12.9. The zero-order chi connectivity index (χ0) is 13.8. The number of ketones is 1. The molecular formula is C14H29NOS2. The van der Waals surface area contributed by atoms with Gasteiger partial charge >= 0.3 is 0 Å².